The average molecular weight is 404 g/mol. The molecule has 0 radical (unpaired) electrons. The van der Waals surface area contributed by atoms with E-state index in [4.69, 9.17) is 39.9 Å². The zero-order valence-corrected chi connectivity index (χ0v) is 15.5. The number of carbonyl (C=O) groups is 1. The molecule has 2 rings (SSSR count). The van der Waals surface area contributed by atoms with Crippen molar-refractivity contribution in [2.75, 3.05) is 23.9 Å². The van der Waals surface area contributed by atoms with Crippen LogP contribution in [0.1, 0.15) is 13.8 Å². The SMILES string of the molecule is CC1(C)CN(CC(=O)O)S(O)(O)N(c2c(Cl)cc(Cl)cc2Cl)C1. The standard InChI is InChI=1S/C13H17Cl3N2O4S/c1-13(2)6-17(5-11(19)20)23(21,22)18(7-13)12-9(15)3-8(14)4-10(12)16/h3-4,21-22H,5-7H2,1-2H3,(H,19,20). The molecule has 1 aliphatic heterocycles. The summed E-state index contributed by atoms with van der Waals surface area (Å²) in [6.07, 6.45) is 0. The van der Waals surface area contributed by atoms with Crippen molar-refractivity contribution in [3.8, 4) is 0 Å². The van der Waals surface area contributed by atoms with Gasteiger partial charge in [-0.05, 0) is 28.5 Å². The molecule has 1 aliphatic rings. The number of nitrogens with zero attached hydrogens (tertiary/aromatic N) is 2. The van der Waals surface area contributed by atoms with E-state index in [0.717, 1.165) is 4.31 Å². The Morgan fingerprint density at radius 3 is 2.22 bits per heavy atom. The topological polar surface area (TPSA) is 84.2 Å². The van der Waals surface area contributed by atoms with Gasteiger partial charge in [0, 0.05) is 18.1 Å². The lowest BCUT2D eigenvalue weighted by Gasteiger charge is -2.57. The number of benzene rings is 1. The smallest absolute Gasteiger partial charge is 0.319 e. The number of aliphatic carboxylic acids is 1. The summed E-state index contributed by atoms with van der Waals surface area (Å²) in [5.41, 5.74) is -0.190. The zero-order chi connectivity index (χ0) is 17.6. The Hall–Kier alpha value is -0.410. The van der Waals surface area contributed by atoms with Crippen LogP contribution < -0.4 is 4.31 Å². The van der Waals surface area contributed by atoms with Crippen LogP contribution in [0.25, 0.3) is 0 Å². The van der Waals surface area contributed by atoms with E-state index in [2.05, 4.69) is 0 Å². The lowest BCUT2D eigenvalue weighted by molar-refractivity contribution is -0.137. The molecular formula is C13H17Cl3N2O4S. The van der Waals surface area contributed by atoms with Gasteiger partial charge in [0.25, 0.3) is 0 Å². The molecule has 1 aromatic rings. The summed E-state index contributed by atoms with van der Waals surface area (Å²) in [5, 5.41) is 9.68. The highest BCUT2D eigenvalue weighted by molar-refractivity contribution is 8.23. The van der Waals surface area contributed by atoms with Gasteiger partial charge in [0.1, 0.15) is 6.54 Å². The first-order chi connectivity index (χ1) is 10.4. The largest absolute Gasteiger partial charge is 0.480 e. The summed E-state index contributed by atoms with van der Waals surface area (Å²) < 4.78 is 23.6. The fourth-order valence-electron chi connectivity index (χ4n) is 2.50. The number of carboxylic acid groups (broad SMARTS) is 1. The van der Waals surface area contributed by atoms with Gasteiger partial charge >= 0.3 is 5.97 Å². The second-order valence-corrected chi connectivity index (χ2v) is 9.29. The number of rotatable bonds is 3. The Bertz CT molecular complexity index is 619. The average Bonchev–Trinajstić information content (AvgIpc) is 2.33. The van der Waals surface area contributed by atoms with Gasteiger partial charge in [-0.2, -0.15) is 4.31 Å². The Morgan fingerprint density at radius 1 is 1.22 bits per heavy atom. The molecular weight excluding hydrogens is 387 g/mol. The van der Waals surface area contributed by atoms with Crippen molar-refractivity contribution in [2.45, 2.75) is 13.8 Å². The van der Waals surface area contributed by atoms with Crippen LogP contribution in [-0.2, 0) is 4.79 Å². The number of hydrogen-bond acceptors (Lipinski definition) is 5. The van der Waals surface area contributed by atoms with Crippen LogP contribution in [0.4, 0.5) is 5.69 Å². The van der Waals surface area contributed by atoms with Gasteiger partial charge in [0.15, 0.2) is 0 Å². The maximum absolute atomic E-state index is 11.0. The van der Waals surface area contributed by atoms with Crippen molar-refractivity contribution >= 4 is 57.4 Å². The lowest BCUT2D eigenvalue weighted by atomic mass is 9.93. The molecule has 0 aromatic heterocycles. The molecule has 6 nitrogen and oxygen atoms in total. The molecule has 0 unspecified atom stereocenters. The molecule has 1 saturated heterocycles. The third-order valence-electron chi connectivity index (χ3n) is 3.36. The van der Waals surface area contributed by atoms with Gasteiger partial charge in [0.05, 0.1) is 15.7 Å². The molecule has 130 valence electrons. The van der Waals surface area contributed by atoms with Crippen molar-refractivity contribution < 1.29 is 19.0 Å². The highest BCUT2D eigenvalue weighted by atomic mass is 35.5. The second-order valence-electron chi connectivity index (χ2n) is 6.10. The Kier molecular flexibility index (Phi) is 5.33. The molecule has 3 N–H and O–H groups in total. The Labute approximate surface area is 151 Å². The molecule has 0 amide bonds. The third kappa shape index (κ3) is 3.99. The monoisotopic (exact) mass is 402 g/mol. The third-order valence-corrected chi connectivity index (χ3v) is 6.01. The normalized spacial score (nSPS) is 22.0. The predicted molar refractivity (Wildman–Crippen MR) is 94.7 cm³/mol. The lowest BCUT2D eigenvalue weighted by Crippen LogP contribution is -2.55. The summed E-state index contributed by atoms with van der Waals surface area (Å²) in [6, 6.07) is 2.89. The number of anilines is 1. The summed E-state index contributed by atoms with van der Waals surface area (Å²) in [4.78, 5) is 11.0. The fourth-order valence-corrected chi connectivity index (χ4v) is 5.67. The van der Waals surface area contributed by atoms with Crippen LogP contribution in [0.5, 0.6) is 0 Å². The summed E-state index contributed by atoms with van der Waals surface area (Å²) in [6.45, 7) is 3.72. The fraction of sp³-hybridized carbons (Fsp3) is 0.462. The van der Waals surface area contributed by atoms with E-state index < -0.39 is 28.9 Å². The predicted octanol–water partition coefficient (Wildman–Crippen LogP) is 4.46. The number of carboxylic acids is 1. The van der Waals surface area contributed by atoms with E-state index in [1.54, 1.807) is 0 Å². The van der Waals surface area contributed by atoms with Crippen molar-refractivity contribution in [1.29, 1.82) is 0 Å². The van der Waals surface area contributed by atoms with Gasteiger partial charge in [-0.3, -0.25) is 18.2 Å². The van der Waals surface area contributed by atoms with Crippen LogP contribution in [0, 0.1) is 5.41 Å². The van der Waals surface area contributed by atoms with Crippen LogP contribution in [0.15, 0.2) is 12.1 Å². The van der Waals surface area contributed by atoms with E-state index >= 15 is 0 Å². The van der Waals surface area contributed by atoms with Gasteiger partial charge < -0.3 is 5.11 Å². The van der Waals surface area contributed by atoms with E-state index in [1.165, 1.54) is 16.4 Å². The molecule has 0 aliphatic carbocycles. The molecule has 1 heterocycles. The minimum atomic E-state index is -3.57. The molecule has 0 saturated carbocycles. The van der Waals surface area contributed by atoms with E-state index in [-0.39, 0.29) is 28.8 Å². The highest BCUT2D eigenvalue weighted by Gasteiger charge is 2.44. The molecule has 0 spiro atoms. The van der Waals surface area contributed by atoms with E-state index in [0.29, 0.717) is 5.02 Å². The number of halogens is 3. The van der Waals surface area contributed by atoms with Gasteiger partial charge in [-0.25, -0.2) is 0 Å². The quantitative estimate of drug-likeness (QED) is 0.691. The first-order valence-corrected chi connectivity index (χ1v) is 9.21. The first-order valence-electron chi connectivity index (χ1n) is 6.61. The Balaban J connectivity index is 2.53. The van der Waals surface area contributed by atoms with Gasteiger partial charge in [-0.1, -0.05) is 48.7 Å². The van der Waals surface area contributed by atoms with Crippen LogP contribution in [0.3, 0.4) is 0 Å². The van der Waals surface area contributed by atoms with Crippen molar-refractivity contribution in [2.24, 2.45) is 5.41 Å². The second kappa shape index (κ2) is 6.48. The maximum atomic E-state index is 11.0. The van der Waals surface area contributed by atoms with Crippen LogP contribution >= 0.6 is 45.8 Å². The first kappa shape index (κ1) is 18.9. The van der Waals surface area contributed by atoms with Gasteiger partial charge in [-0.15, -0.1) is 0 Å². The van der Waals surface area contributed by atoms with Crippen LogP contribution in [-0.4, -0.2) is 44.1 Å². The Morgan fingerprint density at radius 2 is 1.74 bits per heavy atom. The maximum Gasteiger partial charge on any atom is 0.319 e. The molecule has 0 bridgehead atoms. The van der Waals surface area contributed by atoms with Gasteiger partial charge in [0.2, 0.25) is 0 Å². The number of hydrogen-bond donors (Lipinski definition) is 3. The zero-order valence-electron chi connectivity index (χ0n) is 12.5. The highest BCUT2D eigenvalue weighted by Crippen LogP contribution is 2.57. The molecule has 10 heteroatoms. The van der Waals surface area contributed by atoms with E-state index in [9.17, 15) is 13.9 Å². The van der Waals surface area contributed by atoms with Crippen molar-refractivity contribution in [3.05, 3.63) is 27.2 Å². The molecule has 1 fully saturated rings. The molecule has 0 atom stereocenters. The molecule has 23 heavy (non-hydrogen) atoms. The van der Waals surface area contributed by atoms with Crippen LogP contribution in [0.2, 0.25) is 15.1 Å². The minimum absolute atomic E-state index is 0.162. The minimum Gasteiger partial charge on any atom is -0.480 e. The van der Waals surface area contributed by atoms with Crippen molar-refractivity contribution in [1.82, 2.24) is 4.31 Å². The summed E-state index contributed by atoms with van der Waals surface area (Å²) in [7, 11) is -3.57. The van der Waals surface area contributed by atoms with Crippen molar-refractivity contribution in [3.63, 3.8) is 0 Å². The summed E-state index contributed by atoms with van der Waals surface area (Å²) >= 11 is 18.3. The molecule has 1 aromatic carbocycles. The van der Waals surface area contributed by atoms with E-state index in [1.807, 2.05) is 13.8 Å². The summed E-state index contributed by atoms with van der Waals surface area (Å²) in [5.74, 6) is -1.16.